The van der Waals surface area contributed by atoms with Crippen LogP contribution in [0, 0.1) is 0 Å². The van der Waals surface area contributed by atoms with E-state index in [9.17, 15) is 4.79 Å². The lowest BCUT2D eigenvalue weighted by atomic mass is 10.2. The third-order valence-electron chi connectivity index (χ3n) is 3.74. The number of carbonyl (C=O) groups excluding carboxylic acids is 1. The summed E-state index contributed by atoms with van der Waals surface area (Å²) in [5.41, 5.74) is 0.351. The van der Waals surface area contributed by atoms with Crippen molar-refractivity contribution in [1.29, 1.82) is 0 Å². The Morgan fingerprint density at radius 3 is 2.42 bits per heavy atom. The van der Waals surface area contributed by atoms with E-state index in [0.29, 0.717) is 33.1 Å². The minimum atomic E-state index is -0.335. The number of aryl methyl sites for hydroxylation is 1. The van der Waals surface area contributed by atoms with Gasteiger partial charge < -0.3 is 4.74 Å². The number of halogens is 2. The van der Waals surface area contributed by atoms with E-state index in [0.717, 1.165) is 24.3 Å². The number of anilines is 1. The highest BCUT2D eigenvalue weighted by Crippen LogP contribution is 2.34. The average Bonchev–Trinajstić information content (AvgIpc) is 3.07. The first-order valence-corrected chi connectivity index (χ1v) is 10.4. The van der Waals surface area contributed by atoms with Gasteiger partial charge in [-0.2, -0.15) is 0 Å². The molecule has 1 heterocycles. The van der Waals surface area contributed by atoms with Crippen LogP contribution >= 0.6 is 34.5 Å². The van der Waals surface area contributed by atoms with E-state index < -0.39 is 0 Å². The largest absolute Gasteiger partial charge is 0.490 e. The Labute approximate surface area is 168 Å². The molecule has 26 heavy (non-hydrogen) atoms. The lowest BCUT2D eigenvalue weighted by molar-refractivity contribution is 0.102. The molecular formula is C18H23Cl2N3O2S. The molecule has 0 bridgehead atoms. The molecule has 0 unspecified atom stereocenters. The van der Waals surface area contributed by atoms with Gasteiger partial charge in [0, 0.05) is 5.56 Å². The van der Waals surface area contributed by atoms with Crippen molar-refractivity contribution < 1.29 is 9.53 Å². The number of hydrogen-bond donors (Lipinski definition) is 1. The molecule has 0 aliphatic rings. The Morgan fingerprint density at radius 2 is 1.81 bits per heavy atom. The Hall–Kier alpha value is -1.37. The molecule has 1 aromatic carbocycles. The Kier molecular flexibility index (Phi) is 8.62. The summed E-state index contributed by atoms with van der Waals surface area (Å²) in [5.74, 6) is 0.0864. The minimum absolute atomic E-state index is 0.322. The van der Waals surface area contributed by atoms with E-state index in [2.05, 4.69) is 22.4 Å². The minimum Gasteiger partial charge on any atom is -0.490 e. The molecular weight excluding hydrogens is 393 g/mol. The van der Waals surface area contributed by atoms with Crippen LogP contribution in [0.1, 0.15) is 61.3 Å². The zero-order valence-electron chi connectivity index (χ0n) is 15.0. The molecule has 2 aromatic rings. The third-order valence-corrected chi connectivity index (χ3v) is 5.29. The number of aromatic nitrogens is 2. The van der Waals surface area contributed by atoms with Gasteiger partial charge in [-0.05, 0) is 25.0 Å². The van der Waals surface area contributed by atoms with Crippen molar-refractivity contribution in [3.05, 3.63) is 32.7 Å². The molecule has 2 rings (SSSR count). The normalized spacial score (nSPS) is 10.8. The van der Waals surface area contributed by atoms with E-state index in [1.807, 2.05) is 6.92 Å². The third kappa shape index (κ3) is 6.11. The topological polar surface area (TPSA) is 64.1 Å². The lowest BCUT2D eigenvalue weighted by Gasteiger charge is -2.11. The molecule has 0 aliphatic heterocycles. The van der Waals surface area contributed by atoms with Gasteiger partial charge in [-0.15, -0.1) is 10.2 Å². The maximum absolute atomic E-state index is 12.4. The van der Waals surface area contributed by atoms with Gasteiger partial charge in [0.1, 0.15) is 5.01 Å². The second kappa shape index (κ2) is 10.7. The average molecular weight is 416 g/mol. The van der Waals surface area contributed by atoms with Gasteiger partial charge >= 0.3 is 0 Å². The number of unbranched alkanes of at least 4 members (excludes halogenated alkanes) is 4. The summed E-state index contributed by atoms with van der Waals surface area (Å²) in [6.07, 6.45) is 6.48. The number of rotatable bonds is 10. The number of benzene rings is 1. The number of carbonyl (C=O) groups is 1. The number of hydrogen-bond acceptors (Lipinski definition) is 5. The number of amides is 1. The highest BCUT2D eigenvalue weighted by atomic mass is 35.5. The van der Waals surface area contributed by atoms with E-state index >= 15 is 0 Å². The van der Waals surface area contributed by atoms with Gasteiger partial charge in [0.2, 0.25) is 5.13 Å². The van der Waals surface area contributed by atoms with E-state index in [-0.39, 0.29) is 5.91 Å². The molecule has 0 aliphatic carbocycles. The molecule has 0 spiro atoms. The van der Waals surface area contributed by atoms with E-state index in [1.54, 1.807) is 12.1 Å². The fraction of sp³-hybridized carbons (Fsp3) is 0.500. The van der Waals surface area contributed by atoms with Crippen molar-refractivity contribution in [1.82, 2.24) is 10.2 Å². The molecule has 1 amide bonds. The Morgan fingerprint density at radius 1 is 1.12 bits per heavy atom. The fourth-order valence-corrected chi connectivity index (χ4v) is 3.60. The van der Waals surface area contributed by atoms with Crippen LogP contribution in [0.4, 0.5) is 5.13 Å². The summed E-state index contributed by atoms with van der Waals surface area (Å²) in [6.45, 7) is 4.72. The number of nitrogens with one attached hydrogen (secondary N) is 1. The second-order valence-electron chi connectivity index (χ2n) is 5.84. The zero-order valence-corrected chi connectivity index (χ0v) is 17.3. The maximum Gasteiger partial charge on any atom is 0.257 e. The SMILES string of the molecule is CCCCCCCOc1c(Cl)cc(C(=O)Nc2nnc(CC)s2)cc1Cl. The fourth-order valence-electron chi connectivity index (χ4n) is 2.33. The van der Waals surface area contributed by atoms with E-state index in [1.165, 1.54) is 30.6 Å². The van der Waals surface area contributed by atoms with Crippen LogP contribution in [0.5, 0.6) is 5.75 Å². The van der Waals surface area contributed by atoms with Crippen LogP contribution in [0.25, 0.3) is 0 Å². The first-order valence-electron chi connectivity index (χ1n) is 8.80. The van der Waals surface area contributed by atoms with Gasteiger partial charge in [-0.3, -0.25) is 10.1 Å². The molecule has 0 radical (unpaired) electrons. The standard InChI is InChI=1S/C18H23Cl2N3O2S/c1-3-5-6-7-8-9-25-16-13(19)10-12(11-14(16)20)17(24)21-18-23-22-15(4-2)26-18/h10-11H,3-9H2,1-2H3,(H,21,23,24). The first kappa shape index (κ1) is 20.9. The monoisotopic (exact) mass is 415 g/mol. The van der Waals surface area contributed by atoms with Gasteiger partial charge in [-0.1, -0.05) is 74.1 Å². The molecule has 1 N–H and O–H groups in total. The first-order chi connectivity index (χ1) is 12.5. The molecule has 0 saturated heterocycles. The van der Waals surface area contributed by atoms with Gasteiger partial charge in [-0.25, -0.2) is 0 Å². The van der Waals surface area contributed by atoms with Crippen molar-refractivity contribution in [2.75, 3.05) is 11.9 Å². The zero-order chi connectivity index (χ0) is 18.9. The van der Waals surface area contributed by atoms with Crippen LogP contribution in [-0.2, 0) is 6.42 Å². The number of ether oxygens (including phenoxy) is 1. The maximum atomic E-state index is 12.4. The van der Waals surface area contributed by atoms with Crippen LogP contribution in [0.2, 0.25) is 10.0 Å². The van der Waals surface area contributed by atoms with Crippen LogP contribution in [0.3, 0.4) is 0 Å². The molecule has 0 saturated carbocycles. The van der Waals surface area contributed by atoms with Crippen LogP contribution < -0.4 is 10.1 Å². The van der Waals surface area contributed by atoms with Crippen molar-refractivity contribution in [3.63, 3.8) is 0 Å². The number of nitrogens with zero attached hydrogens (tertiary/aromatic N) is 2. The van der Waals surface area contributed by atoms with Crippen molar-refractivity contribution in [3.8, 4) is 5.75 Å². The van der Waals surface area contributed by atoms with Crippen molar-refractivity contribution in [2.45, 2.75) is 52.4 Å². The summed E-state index contributed by atoms with van der Waals surface area (Å²) in [6, 6.07) is 3.11. The van der Waals surface area contributed by atoms with Crippen molar-refractivity contribution in [2.24, 2.45) is 0 Å². The summed E-state index contributed by atoms with van der Waals surface area (Å²) in [5, 5.41) is 12.6. The molecule has 8 heteroatoms. The second-order valence-corrected chi connectivity index (χ2v) is 7.72. The quantitative estimate of drug-likeness (QED) is 0.482. The van der Waals surface area contributed by atoms with Crippen LogP contribution in [0.15, 0.2) is 12.1 Å². The van der Waals surface area contributed by atoms with Gasteiger partial charge in [0.25, 0.3) is 5.91 Å². The predicted octanol–water partition coefficient (Wildman–Crippen LogP) is 6.01. The highest BCUT2D eigenvalue weighted by molar-refractivity contribution is 7.15. The molecule has 142 valence electrons. The summed E-state index contributed by atoms with van der Waals surface area (Å²) >= 11 is 13.9. The van der Waals surface area contributed by atoms with Crippen molar-refractivity contribution >= 4 is 45.6 Å². The van der Waals surface area contributed by atoms with Gasteiger partial charge in [0.05, 0.1) is 16.7 Å². The predicted molar refractivity (Wildman–Crippen MR) is 108 cm³/mol. The highest BCUT2D eigenvalue weighted by Gasteiger charge is 2.15. The molecule has 0 fully saturated rings. The summed E-state index contributed by atoms with van der Waals surface area (Å²) < 4.78 is 5.70. The Bertz CT molecular complexity index is 714. The molecule has 1 aromatic heterocycles. The molecule has 0 atom stereocenters. The smallest absolute Gasteiger partial charge is 0.257 e. The van der Waals surface area contributed by atoms with Gasteiger partial charge in [0.15, 0.2) is 5.75 Å². The van der Waals surface area contributed by atoms with E-state index in [4.69, 9.17) is 27.9 Å². The Balaban J connectivity index is 1.95. The summed E-state index contributed by atoms with van der Waals surface area (Å²) in [7, 11) is 0. The summed E-state index contributed by atoms with van der Waals surface area (Å²) in [4.78, 5) is 12.4. The lowest BCUT2D eigenvalue weighted by Crippen LogP contribution is -2.12. The molecule has 5 nitrogen and oxygen atoms in total. The van der Waals surface area contributed by atoms with Crippen LogP contribution in [-0.4, -0.2) is 22.7 Å².